The zero-order valence-corrected chi connectivity index (χ0v) is 24.2. The molecule has 0 spiro atoms. The Hall–Kier alpha value is -4.05. The molecular formula is C32H36N2O6S. The minimum Gasteiger partial charge on any atom is -0.506 e. The summed E-state index contributed by atoms with van der Waals surface area (Å²) in [7, 11) is -0.367. The highest BCUT2D eigenvalue weighted by molar-refractivity contribution is 7.92. The smallest absolute Gasteiger partial charge is 0.229 e. The number of sulfonamides is 1. The molecule has 0 saturated carbocycles. The van der Waals surface area contributed by atoms with Crippen molar-refractivity contribution in [2.45, 2.75) is 25.0 Å². The number of methoxy groups -OCH3 is 2. The molecule has 0 amide bonds. The summed E-state index contributed by atoms with van der Waals surface area (Å²) < 4.78 is 36.5. The molecule has 4 aromatic rings. The van der Waals surface area contributed by atoms with E-state index >= 15 is 0 Å². The fourth-order valence-corrected chi connectivity index (χ4v) is 5.25. The van der Waals surface area contributed by atoms with E-state index in [1.165, 1.54) is 12.1 Å². The number of anilines is 1. The number of hydrogen-bond acceptors (Lipinski definition) is 7. The number of aromatic hydroxyl groups is 1. The van der Waals surface area contributed by atoms with Crippen molar-refractivity contribution in [3.05, 3.63) is 108 Å². The molecule has 0 aromatic heterocycles. The predicted molar refractivity (Wildman–Crippen MR) is 162 cm³/mol. The largest absolute Gasteiger partial charge is 0.506 e. The Labute approximate surface area is 241 Å². The van der Waals surface area contributed by atoms with Crippen molar-refractivity contribution in [3.8, 4) is 28.4 Å². The lowest BCUT2D eigenvalue weighted by Crippen LogP contribution is -2.32. The summed E-state index contributed by atoms with van der Waals surface area (Å²) in [5.74, 6) is 1.07. The molecule has 216 valence electrons. The molecule has 41 heavy (non-hydrogen) atoms. The first-order valence-electron chi connectivity index (χ1n) is 13.2. The Kier molecular flexibility index (Phi) is 9.88. The second-order valence-corrected chi connectivity index (χ2v) is 11.7. The number of rotatable bonds is 13. The van der Waals surface area contributed by atoms with Gasteiger partial charge >= 0.3 is 0 Å². The number of aliphatic hydroxyl groups is 1. The van der Waals surface area contributed by atoms with Gasteiger partial charge in [-0.15, -0.1) is 0 Å². The quantitative estimate of drug-likeness (QED) is 0.167. The van der Waals surface area contributed by atoms with Crippen molar-refractivity contribution >= 4 is 15.7 Å². The fourth-order valence-electron chi connectivity index (χ4n) is 4.69. The van der Waals surface area contributed by atoms with Crippen molar-refractivity contribution in [2.75, 3.05) is 31.7 Å². The molecule has 2 atom stereocenters. The topological polar surface area (TPSA) is 117 Å². The number of nitrogens with one attached hydrogen (secondary N) is 2. The first kappa shape index (κ1) is 29.9. The molecule has 0 heterocycles. The van der Waals surface area contributed by atoms with E-state index in [1.807, 2.05) is 36.4 Å². The Bertz CT molecular complexity index is 1540. The first-order chi connectivity index (χ1) is 19.6. The van der Waals surface area contributed by atoms with E-state index in [2.05, 4.69) is 46.4 Å². The normalized spacial score (nSPS) is 12.9. The van der Waals surface area contributed by atoms with Gasteiger partial charge in [0.1, 0.15) is 5.75 Å². The maximum Gasteiger partial charge on any atom is 0.229 e. The SMILES string of the molecule is COc1ccc([C@@H](Cc2ccc(-c3ccccc3)cc2)NCC(O)Cc2ccc(O)c(NS(C)(=O)=O)c2)cc1OC. The Morgan fingerprint density at radius 2 is 1.44 bits per heavy atom. The van der Waals surface area contributed by atoms with Crippen molar-refractivity contribution in [2.24, 2.45) is 0 Å². The van der Waals surface area contributed by atoms with Crippen LogP contribution in [0.25, 0.3) is 11.1 Å². The Morgan fingerprint density at radius 1 is 0.780 bits per heavy atom. The van der Waals surface area contributed by atoms with Crippen LogP contribution < -0.4 is 19.5 Å². The highest BCUT2D eigenvalue weighted by atomic mass is 32.2. The zero-order valence-electron chi connectivity index (χ0n) is 23.4. The molecule has 8 nitrogen and oxygen atoms in total. The third-order valence-corrected chi connectivity index (χ3v) is 7.33. The van der Waals surface area contributed by atoms with Crippen LogP contribution >= 0.6 is 0 Å². The third kappa shape index (κ3) is 8.47. The van der Waals surface area contributed by atoms with E-state index < -0.39 is 16.1 Å². The maximum absolute atomic E-state index is 11.6. The number of phenolic OH excluding ortho intramolecular Hbond substituents is 1. The summed E-state index contributed by atoms with van der Waals surface area (Å²) in [4.78, 5) is 0. The van der Waals surface area contributed by atoms with Gasteiger partial charge in [0.15, 0.2) is 11.5 Å². The van der Waals surface area contributed by atoms with Crippen LogP contribution in [0.3, 0.4) is 0 Å². The lowest BCUT2D eigenvalue weighted by Gasteiger charge is -2.23. The van der Waals surface area contributed by atoms with E-state index in [9.17, 15) is 18.6 Å². The summed E-state index contributed by atoms with van der Waals surface area (Å²) in [6.07, 6.45) is 1.17. The highest BCUT2D eigenvalue weighted by Gasteiger charge is 2.18. The third-order valence-electron chi connectivity index (χ3n) is 6.74. The van der Waals surface area contributed by atoms with E-state index in [0.29, 0.717) is 23.5 Å². The summed E-state index contributed by atoms with van der Waals surface area (Å²) in [6, 6.07) is 28.9. The lowest BCUT2D eigenvalue weighted by atomic mass is 9.96. The average molecular weight is 577 g/mol. The van der Waals surface area contributed by atoms with Crippen LogP contribution in [0.4, 0.5) is 5.69 Å². The molecule has 1 unspecified atom stereocenters. The predicted octanol–water partition coefficient (Wildman–Crippen LogP) is 4.92. The van der Waals surface area contributed by atoms with Crippen LogP contribution in [-0.4, -0.2) is 51.8 Å². The van der Waals surface area contributed by atoms with Crippen molar-refractivity contribution in [3.63, 3.8) is 0 Å². The molecule has 0 aliphatic rings. The lowest BCUT2D eigenvalue weighted by molar-refractivity contribution is 0.167. The first-order valence-corrected chi connectivity index (χ1v) is 15.1. The van der Waals surface area contributed by atoms with Crippen molar-refractivity contribution in [1.29, 1.82) is 0 Å². The van der Waals surface area contributed by atoms with Crippen LogP contribution in [0.2, 0.25) is 0 Å². The monoisotopic (exact) mass is 576 g/mol. The van der Waals surface area contributed by atoms with Gasteiger partial charge in [-0.05, 0) is 64.9 Å². The van der Waals surface area contributed by atoms with E-state index in [-0.39, 0.29) is 30.4 Å². The van der Waals surface area contributed by atoms with Crippen LogP contribution in [0.5, 0.6) is 17.2 Å². The molecule has 0 aliphatic heterocycles. The zero-order chi connectivity index (χ0) is 29.4. The Balaban J connectivity index is 1.51. The molecule has 0 saturated heterocycles. The molecular weight excluding hydrogens is 540 g/mol. The number of hydrogen-bond donors (Lipinski definition) is 4. The van der Waals surface area contributed by atoms with Gasteiger partial charge in [0.25, 0.3) is 0 Å². The van der Waals surface area contributed by atoms with E-state index in [4.69, 9.17) is 9.47 Å². The minimum absolute atomic E-state index is 0.0762. The van der Waals surface area contributed by atoms with Crippen LogP contribution in [0.15, 0.2) is 91.0 Å². The van der Waals surface area contributed by atoms with Gasteiger partial charge in [0.05, 0.1) is 32.3 Å². The highest BCUT2D eigenvalue weighted by Crippen LogP contribution is 2.32. The van der Waals surface area contributed by atoms with Crippen molar-refractivity contribution < 1.29 is 28.1 Å². The van der Waals surface area contributed by atoms with Gasteiger partial charge < -0.3 is 25.0 Å². The van der Waals surface area contributed by atoms with Crippen molar-refractivity contribution in [1.82, 2.24) is 5.32 Å². The fraction of sp³-hybridized carbons (Fsp3) is 0.250. The Morgan fingerprint density at radius 3 is 2.10 bits per heavy atom. The minimum atomic E-state index is -3.56. The van der Waals surface area contributed by atoms with E-state index in [1.54, 1.807) is 20.3 Å². The molecule has 0 radical (unpaired) electrons. The second kappa shape index (κ2) is 13.5. The van der Waals surface area contributed by atoms with E-state index in [0.717, 1.165) is 28.5 Å². The summed E-state index contributed by atoms with van der Waals surface area (Å²) >= 11 is 0. The van der Waals surface area contributed by atoms with Crippen LogP contribution in [-0.2, 0) is 22.9 Å². The number of ether oxygens (including phenoxy) is 2. The van der Waals surface area contributed by atoms with Gasteiger partial charge in [-0.3, -0.25) is 4.72 Å². The molecule has 0 aliphatic carbocycles. The summed E-state index contributed by atoms with van der Waals surface area (Å²) in [5, 5.41) is 24.4. The molecule has 0 fully saturated rings. The molecule has 9 heteroatoms. The molecule has 0 bridgehead atoms. The van der Waals surface area contributed by atoms with Gasteiger partial charge in [-0.2, -0.15) is 0 Å². The number of phenols is 1. The van der Waals surface area contributed by atoms with Crippen LogP contribution in [0, 0.1) is 0 Å². The standard InChI is InChI=1S/C32H36N2O6S/c1-39-31-16-14-26(20-32(31)40-2)28(18-22-9-12-25(13-10-22)24-7-5-4-6-8-24)33-21-27(35)17-23-11-15-30(36)29(19-23)34-41(3,37)38/h4-16,19-20,27-28,33-36H,17-18,21H2,1-3H3/t27?,28-/m1/s1. The maximum atomic E-state index is 11.6. The number of aliphatic hydroxyl groups excluding tert-OH is 1. The molecule has 4 rings (SSSR count). The average Bonchev–Trinajstić information content (AvgIpc) is 2.96. The summed E-state index contributed by atoms with van der Waals surface area (Å²) in [6.45, 7) is 0.275. The molecule has 4 N–H and O–H groups in total. The molecule has 4 aromatic carbocycles. The van der Waals surface area contributed by atoms with Gasteiger partial charge in [-0.1, -0.05) is 66.7 Å². The number of benzene rings is 4. The van der Waals surface area contributed by atoms with Crippen LogP contribution in [0.1, 0.15) is 22.7 Å². The van der Waals surface area contributed by atoms with Gasteiger partial charge in [0.2, 0.25) is 10.0 Å². The van der Waals surface area contributed by atoms with Gasteiger partial charge in [-0.25, -0.2) is 8.42 Å². The van der Waals surface area contributed by atoms with Gasteiger partial charge in [0, 0.05) is 12.6 Å². The summed E-state index contributed by atoms with van der Waals surface area (Å²) in [5.41, 5.74) is 5.15. The second-order valence-electron chi connectivity index (χ2n) is 9.93.